The molecule has 1 aliphatic rings. The molecule has 0 aromatic heterocycles. The van der Waals surface area contributed by atoms with Crippen LogP contribution < -0.4 is 14.8 Å². The van der Waals surface area contributed by atoms with Gasteiger partial charge in [0.15, 0.2) is 11.5 Å². The van der Waals surface area contributed by atoms with E-state index in [1.165, 1.54) is 34.4 Å². The zero-order valence-electron chi connectivity index (χ0n) is 24.9. The van der Waals surface area contributed by atoms with Crippen molar-refractivity contribution in [3.63, 3.8) is 0 Å². The Kier molecular flexibility index (Phi) is 8.71. The Balaban J connectivity index is 1.12. The van der Waals surface area contributed by atoms with Crippen LogP contribution in [-0.4, -0.2) is 31.6 Å². The summed E-state index contributed by atoms with van der Waals surface area (Å²) >= 11 is 0. The van der Waals surface area contributed by atoms with Crippen molar-refractivity contribution in [2.75, 3.05) is 20.8 Å². The number of amides is 1. The first-order valence-electron chi connectivity index (χ1n) is 14.8. The van der Waals surface area contributed by atoms with Gasteiger partial charge >= 0.3 is 0 Å². The summed E-state index contributed by atoms with van der Waals surface area (Å²) in [7, 11) is 3.36. The zero-order chi connectivity index (χ0) is 30.5. The third-order valence-corrected chi connectivity index (χ3v) is 8.28. The molecule has 5 nitrogen and oxygen atoms in total. The summed E-state index contributed by atoms with van der Waals surface area (Å²) in [5, 5.41) is 3.02. The van der Waals surface area contributed by atoms with Crippen molar-refractivity contribution in [1.29, 1.82) is 0 Å². The number of fused-ring (bicyclic) bond motifs is 1. The lowest BCUT2D eigenvalue weighted by Gasteiger charge is -2.38. The van der Waals surface area contributed by atoms with E-state index in [1.807, 2.05) is 18.2 Å². The van der Waals surface area contributed by atoms with E-state index in [1.54, 1.807) is 38.5 Å². The highest BCUT2D eigenvalue weighted by atomic mass is 19.1. The van der Waals surface area contributed by atoms with Crippen LogP contribution in [0.4, 0.5) is 4.39 Å². The van der Waals surface area contributed by atoms with Crippen LogP contribution in [0, 0.1) is 5.82 Å². The molecule has 6 rings (SSSR count). The number of rotatable bonds is 9. The van der Waals surface area contributed by atoms with E-state index >= 15 is 0 Å². The minimum Gasteiger partial charge on any atom is -0.493 e. The normalized spacial score (nSPS) is 14.5. The molecule has 0 radical (unpaired) electrons. The minimum absolute atomic E-state index is 0.0909. The zero-order valence-corrected chi connectivity index (χ0v) is 24.9. The second-order valence-electron chi connectivity index (χ2n) is 11.0. The molecule has 0 fully saturated rings. The van der Waals surface area contributed by atoms with E-state index in [9.17, 15) is 9.18 Å². The molecular formula is C38H35FN2O3. The Morgan fingerprint density at radius 2 is 1.41 bits per heavy atom. The van der Waals surface area contributed by atoms with E-state index in [0.29, 0.717) is 12.1 Å². The number of methoxy groups -OCH3 is 2. The molecule has 44 heavy (non-hydrogen) atoms. The molecular weight excluding hydrogens is 551 g/mol. The third-order valence-electron chi connectivity index (χ3n) is 8.28. The van der Waals surface area contributed by atoms with Gasteiger partial charge in [-0.15, -0.1) is 0 Å². The van der Waals surface area contributed by atoms with Crippen molar-refractivity contribution < 1.29 is 18.7 Å². The number of nitrogens with zero attached hydrogens (tertiary/aromatic N) is 1. The number of ether oxygens (including phenoxy) is 2. The van der Waals surface area contributed by atoms with Gasteiger partial charge in [0.25, 0.3) is 5.91 Å². The average Bonchev–Trinajstić information content (AvgIpc) is 3.08. The van der Waals surface area contributed by atoms with Gasteiger partial charge in [-0.3, -0.25) is 9.69 Å². The number of carbonyl (C=O) groups is 1. The third kappa shape index (κ3) is 6.36. The molecule has 5 aromatic rings. The maximum Gasteiger partial charge on any atom is 0.251 e. The first-order valence-corrected chi connectivity index (χ1v) is 14.8. The van der Waals surface area contributed by atoms with Gasteiger partial charge in [-0.1, -0.05) is 78.9 Å². The molecule has 5 aromatic carbocycles. The maximum absolute atomic E-state index is 13.2. The lowest BCUT2D eigenvalue weighted by molar-refractivity contribution is 0.0951. The van der Waals surface area contributed by atoms with Crippen molar-refractivity contribution >= 4 is 5.91 Å². The van der Waals surface area contributed by atoms with E-state index in [2.05, 4.69) is 70.9 Å². The van der Waals surface area contributed by atoms with Gasteiger partial charge in [0, 0.05) is 25.2 Å². The molecule has 0 saturated carbocycles. The van der Waals surface area contributed by atoms with E-state index in [4.69, 9.17) is 9.47 Å². The van der Waals surface area contributed by atoms with Crippen molar-refractivity contribution in [2.24, 2.45) is 0 Å². The van der Waals surface area contributed by atoms with Crippen LogP contribution in [-0.2, 0) is 19.5 Å². The fourth-order valence-corrected chi connectivity index (χ4v) is 5.93. The fraction of sp³-hybridized carbons (Fsp3) is 0.184. The highest BCUT2D eigenvalue weighted by Crippen LogP contribution is 2.41. The number of carbonyl (C=O) groups excluding carboxylic acids is 1. The highest BCUT2D eigenvalue weighted by molar-refractivity contribution is 5.94. The quantitative estimate of drug-likeness (QED) is 0.193. The van der Waals surface area contributed by atoms with Crippen LogP contribution in [0.1, 0.15) is 44.2 Å². The van der Waals surface area contributed by atoms with Crippen LogP contribution >= 0.6 is 0 Å². The van der Waals surface area contributed by atoms with Crippen LogP contribution in [0.25, 0.3) is 11.1 Å². The second-order valence-corrected chi connectivity index (χ2v) is 11.0. The lowest BCUT2D eigenvalue weighted by Crippen LogP contribution is -2.35. The lowest BCUT2D eigenvalue weighted by atomic mass is 9.87. The van der Waals surface area contributed by atoms with Crippen molar-refractivity contribution in [1.82, 2.24) is 10.2 Å². The summed E-state index contributed by atoms with van der Waals surface area (Å²) in [6.07, 6.45) is 0.925. The van der Waals surface area contributed by atoms with Crippen LogP contribution in [0.5, 0.6) is 11.5 Å². The molecule has 1 atom stereocenters. The van der Waals surface area contributed by atoms with Gasteiger partial charge in [-0.25, -0.2) is 4.39 Å². The standard InChI is InChI=1S/C38H35FN2O3/c1-43-35-22-32-20-21-41(37(30-6-4-3-5-7-30)34(32)23-36(35)44-2)25-27-10-8-26(9-11-27)24-40-38(42)31-14-12-28(13-15-31)29-16-18-33(39)19-17-29/h3-19,22-23,37H,20-21,24-25H2,1-2H3,(H,40,42). The molecule has 1 unspecified atom stereocenters. The van der Waals surface area contributed by atoms with Crippen molar-refractivity contribution in [3.8, 4) is 22.6 Å². The van der Waals surface area contributed by atoms with Crippen LogP contribution in [0.15, 0.2) is 115 Å². The topological polar surface area (TPSA) is 50.8 Å². The van der Waals surface area contributed by atoms with Crippen LogP contribution in [0.3, 0.4) is 0 Å². The molecule has 0 aliphatic carbocycles. The predicted octanol–water partition coefficient (Wildman–Crippen LogP) is 7.59. The number of halogens is 1. The van der Waals surface area contributed by atoms with E-state index in [0.717, 1.165) is 47.7 Å². The molecule has 1 aliphatic heterocycles. The molecule has 1 N–H and O–H groups in total. The first-order chi connectivity index (χ1) is 21.5. The smallest absolute Gasteiger partial charge is 0.251 e. The Hall–Kier alpha value is -4.94. The Morgan fingerprint density at radius 3 is 2.07 bits per heavy atom. The second kappa shape index (κ2) is 13.1. The Bertz CT molecular complexity index is 1720. The molecule has 0 saturated heterocycles. The van der Waals surface area contributed by atoms with Gasteiger partial charge < -0.3 is 14.8 Å². The molecule has 0 spiro atoms. The SMILES string of the molecule is COc1cc2c(cc1OC)C(c1ccccc1)N(Cc1ccc(CNC(=O)c3ccc(-c4ccc(F)cc4)cc3)cc1)CC2. The molecule has 6 heteroatoms. The highest BCUT2D eigenvalue weighted by Gasteiger charge is 2.30. The summed E-state index contributed by atoms with van der Waals surface area (Å²) in [5.74, 6) is 1.10. The van der Waals surface area contributed by atoms with Gasteiger partial charge in [-0.05, 0) is 81.8 Å². The number of hydrogen-bond donors (Lipinski definition) is 1. The van der Waals surface area contributed by atoms with Gasteiger partial charge in [-0.2, -0.15) is 0 Å². The van der Waals surface area contributed by atoms with Gasteiger partial charge in [0.2, 0.25) is 0 Å². The Labute approximate surface area is 257 Å². The molecule has 0 bridgehead atoms. The first kappa shape index (κ1) is 29.1. The largest absolute Gasteiger partial charge is 0.493 e. The molecule has 1 heterocycles. The average molecular weight is 587 g/mol. The van der Waals surface area contributed by atoms with Crippen molar-refractivity contribution in [3.05, 3.63) is 154 Å². The van der Waals surface area contributed by atoms with Crippen molar-refractivity contribution in [2.45, 2.75) is 25.6 Å². The summed E-state index contributed by atoms with van der Waals surface area (Å²) in [4.78, 5) is 15.3. The van der Waals surface area contributed by atoms with Gasteiger partial charge in [0.1, 0.15) is 5.82 Å². The molecule has 222 valence electrons. The van der Waals surface area contributed by atoms with E-state index in [-0.39, 0.29) is 17.8 Å². The number of nitrogens with one attached hydrogen (secondary N) is 1. The Morgan fingerprint density at radius 1 is 0.795 bits per heavy atom. The number of hydrogen-bond acceptors (Lipinski definition) is 4. The monoisotopic (exact) mass is 586 g/mol. The minimum atomic E-state index is -0.270. The van der Waals surface area contributed by atoms with Crippen LogP contribution in [0.2, 0.25) is 0 Å². The predicted molar refractivity (Wildman–Crippen MR) is 171 cm³/mol. The van der Waals surface area contributed by atoms with E-state index < -0.39 is 0 Å². The summed E-state index contributed by atoms with van der Waals surface area (Å²) < 4.78 is 24.5. The fourth-order valence-electron chi connectivity index (χ4n) is 5.93. The maximum atomic E-state index is 13.2. The summed E-state index contributed by atoms with van der Waals surface area (Å²) in [5.41, 5.74) is 8.43. The van der Waals surface area contributed by atoms with Gasteiger partial charge in [0.05, 0.1) is 20.3 Å². The summed E-state index contributed by atoms with van der Waals surface area (Å²) in [6.45, 7) is 2.14. The summed E-state index contributed by atoms with van der Waals surface area (Å²) in [6, 6.07) is 37.1. The number of benzene rings is 5. The molecule has 1 amide bonds.